The lowest BCUT2D eigenvalue weighted by atomic mass is 10.1. The number of aromatic amines is 1. The molecule has 0 atom stereocenters. The maximum atomic E-state index is 12.2. The summed E-state index contributed by atoms with van der Waals surface area (Å²) in [7, 11) is 0. The van der Waals surface area contributed by atoms with Gasteiger partial charge in [-0.1, -0.05) is 23.4 Å². The molecule has 0 radical (unpaired) electrons. The van der Waals surface area contributed by atoms with Crippen molar-refractivity contribution in [2.45, 2.75) is 25.9 Å². The van der Waals surface area contributed by atoms with E-state index in [1.54, 1.807) is 0 Å². The zero-order chi connectivity index (χ0) is 20.4. The fraction of sp³-hybridized carbons (Fsp3) is 0.238. The van der Waals surface area contributed by atoms with Crippen molar-refractivity contribution in [2.24, 2.45) is 0 Å². The number of benzene rings is 2. The zero-order valence-corrected chi connectivity index (χ0v) is 17.3. The van der Waals surface area contributed by atoms with Crippen LogP contribution in [0, 0.1) is 13.8 Å². The van der Waals surface area contributed by atoms with Gasteiger partial charge >= 0.3 is 0 Å². The first-order valence-electron chi connectivity index (χ1n) is 9.32. The Labute approximate surface area is 172 Å². The van der Waals surface area contributed by atoms with Crippen LogP contribution in [0.3, 0.4) is 0 Å². The van der Waals surface area contributed by atoms with Crippen LogP contribution in [0.4, 0.5) is 5.69 Å². The van der Waals surface area contributed by atoms with Crippen LogP contribution >= 0.6 is 11.8 Å². The summed E-state index contributed by atoms with van der Waals surface area (Å²) in [5.74, 6) is 0.834. The van der Waals surface area contributed by atoms with Crippen molar-refractivity contribution >= 4 is 45.4 Å². The normalized spacial score (nSPS) is 11.1. The Balaban J connectivity index is 1.44. The molecule has 0 spiro atoms. The van der Waals surface area contributed by atoms with Crippen LogP contribution < -0.4 is 10.1 Å². The summed E-state index contributed by atoms with van der Waals surface area (Å²) in [6.45, 7) is 6.65. The number of aryl methyl sites for hydroxylation is 2. The SMILES string of the molecule is CCOc1ccc(NC(=O)CSc2nnc3c(n2)[nH]c2c(C)cc(C)cc23)cc1. The smallest absolute Gasteiger partial charge is 0.234 e. The van der Waals surface area contributed by atoms with Crippen LogP contribution in [-0.2, 0) is 4.79 Å². The number of ether oxygens (including phenoxy) is 1. The minimum atomic E-state index is -0.133. The van der Waals surface area contributed by atoms with Crippen molar-refractivity contribution in [2.75, 3.05) is 17.7 Å². The zero-order valence-electron chi connectivity index (χ0n) is 16.4. The van der Waals surface area contributed by atoms with Gasteiger partial charge in [0.2, 0.25) is 11.1 Å². The topological polar surface area (TPSA) is 92.8 Å². The van der Waals surface area contributed by atoms with E-state index in [1.165, 1.54) is 17.3 Å². The molecule has 0 aliphatic carbocycles. The number of rotatable bonds is 6. The Morgan fingerprint density at radius 1 is 1.17 bits per heavy atom. The molecule has 0 saturated carbocycles. The van der Waals surface area contributed by atoms with Crippen molar-refractivity contribution in [1.29, 1.82) is 0 Å². The van der Waals surface area contributed by atoms with E-state index in [-0.39, 0.29) is 11.7 Å². The third-order valence-corrected chi connectivity index (χ3v) is 5.26. The second kappa shape index (κ2) is 8.08. The van der Waals surface area contributed by atoms with Gasteiger partial charge in [0, 0.05) is 11.1 Å². The number of carbonyl (C=O) groups excluding carboxylic acids is 1. The van der Waals surface area contributed by atoms with E-state index in [0.29, 0.717) is 17.4 Å². The highest BCUT2D eigenvalue weighted by atomic mass is 32.2. The molecule has 4 aromatic rings. The van der Waals surface area contributed by atoms with E-state index in [1.807, 2.05) is 31.2 Å². The molecule has 2 heterocycles. The molecule has 0 aliphatic heterocycles. The highest BCUT2D eigenvalue weighted by Crippen LogP contribution is 2.27. The average Bonchev–Trinajstić information content (AvgIpc) is 3.06. The van der Waals surface area contributed by atoms with Crippen LogP contribution in [0.15, 0.2) is 41.6 Å². The predicted octanol–water partition coefficient (Wildman–Crippen LogP) is 4.25. The largest absolute Gasteiger partial charge is 0.494 e. The molecule has 4 rings (SSSR count). The van der Waals surface area contributed by atoms with E-state index in [2.05, 4.69) is 51.5 Å². The summed E-state index contributed by atoms with van der Waals surface area (Å²) in [6, 6.07) is 11.5. The maximum absolute atomic E-state index is 12.2. The van der Waals surface area contributed by atoms with Crippen molar-refractivity contribution in [3.63, 3.8) is 0 Å². The van der Waals surface area contributed by atoms with E-state index in [4.69, 9.17) is 4.74 Å². The molecule has 148 valence electrons. The molecule has 0 fully saturated rings. The monoisotopic (exact) mass is 407 g/mol. The van der Waals surface area contributed by atoms with Crippen LogP contribution in [-0.4, -0.2) is 38.4 Å². The quantitative estimate of drug-likeness (QED) is 0.464. The highest BCUT2D eigenvalue weighted by molar-refractivity contribution is 7.99. The Morgan fingerprint density at radius 3 is 2.72 bits per heavy atom. The third kappa shape index (κ3) is 4.17. The predicted molar refractivity (Wildman–Crippen MR) is 116 cm³/mol. The Hall–Kier alpha value is -3.13. The average molecular weight is 407 g/mol. The number of H-pyrrole nitrogens is 1. The summed E-state index contributed by atoms with van der Waals surface area (Å²) in [4.78, 5) is 20.1. The Kier molecular flexibility index (Phi) is 5.35. The molecule has 0 unspecified atom stereocenters. The summed E-state index contributed by atoms with van der Waals surface area (Å²) in [6.07, 6.45) is 0. The number of thioether (sulfide) groups is 1. The molecule has 29 heavy (non-hydrogen) atoms. The number of carbonyl (C=O) groups is 1. The third-order valence-electron chi connectivity index (χ3n) is 4.43. The molecule has 0 aliphatic rings. The molecule has 8 heteroatoms. The second-order valence-electron chi connectivity index (χ2n) is 6.72. The number of aromatic nitrogens is 4. The first kappa shape index (κ1) is 19.2. The Morgan fingerprint density at radius 2 is 1.97 bits per heavy atom. The molecular formula is C21H21N5O2S. The molecule has 0 saturated heterocycles. The van der Waals surface area contributed by atoms with Gasteiger partial charge in [0.25, 0.3) is 0 Å². The number of anilines is 1. The van der Waals surface area contributed by atoms with E-state index in [0.717, 1.165) is 33.4 Å². The summed E-state index contributed by atoms with van der Waals surface area (Å²) < 4.78 is 5.40. The number of fused-ring (bicyclic) bond motifs is 3. The van der Waals surface area contributed by atoms with Crippen molar-refractivity contribution in [3.8, 4) is 5.75 Å². The fourth-order valence-electron chi connectivity index (χ4n) is 3.21. The molecule has 0 bridgehead atoms. The first-order chi connectivity index (χ1) is 14.0. The first-order valence-corrected chi connectivity index (χ1v) is 10.3. The number of nitrogens with one attached hydrogen (secondary N) is 2. The van der Waals surface area contributed by atoms with E-state index in [9.17, 15) is 4.79 Å². The molecule has 2 aromatic heterocycles. The Bertz CT molecular complexity index is 1190. The maximum Gasteiger partial charge on any atom is 0.234 e. The van der Waals surface area contributed by atoms with Gasteiger partial charge < -0.3 is 15.0 Å². The van der Waals surface area contributed by atoms with Crippen molar-refractivity contribution < 1.29 is 9.53 Å². The number of hydrogen-bond donors (Lipinski definition) is 2. The molecule has 2 N–H and O–H groups in total. The minimum Gasteiger partial charge on any atom is -0.494 e. The van der Waals surface area contributed by atoms with Gasteiger partial charge in [-0.05, 0) is 56.7 Å². The van der Waals surface area contributed by atoms with Gasteiger partial charge in [0.05, 0.1) is 17.9 Å². The molecule has 2 aromatic carbocycles. The van der Waals surface area contributed by atoms with Gasteiger partial charge in [-0.15, -0.1) is 10.2 Å². The van der Waals surface area contributed by atoms with Gasteiger partial charge in [-0.2, -0.15) is 0 Å². The number of amides is 1. The summed E-state index contributed by atoms with van der Waals surface area (Å²) in [5, 5.41) is 12.8. The lowest BCUT2D eigenvalue weighted by Gasteiger charge is -2.06. The van der Waals surface area contributed by atoms with Crippen molar-refractivity contribution in [3.05, 3.63) is 47.5 Å². The van der Waals surface area contributed by atoms with Crippen LogP contribution in [0.1, 0.15) is 18.1 Å². The van der Waals surface area contributed by atoms with Crippen LogP contribution in [0.25, 0.3) is 22.1 Å². The molecule has 7 nitrogen and oxygen atoms in total. The van der Waals surface area contributed by atoms with E-state index < -0.39 is 0 Å². The van der Waals surface area contributed by atoms with Gasteiger partial charge in [-0.25, -0.2) is 4.98 Å². The summed E-state index contributed by atoms with van der Waals surface area (Å²) in [5.41, 5.74) is 5.47. The molecule has 1 amide bonds. The lowest BCUT2D eigenvalue weighted by Crippen LogP contribution is -2.14. The number of hydrogen-bond acceptors (Lipinski definition) is 6. The second-order valence-corrected chi connectivity index (χ2v) is 7.66. The summed E-state index contributed by atoms with van der Waals surface area (Å²) >= 11 is 1.25. The van der Waals surface area contributed by atoms with Crippen LogP contribution in [0.2, 0.25) is 0 Å². The van der Waals surface area contributed by atoms with Gasteiger partial charge in [0.1, 0.15) is 11.3 Å². The standard InChI is InChI=1S/C21H21N5O2S/c1-4-28-15-7-5-14(6-8-15)22-17(27)11-29-21-24-20-19(25-26-21)16-10-12(2)9-13(3)18(16)23-20/h5-10H,4,11H2,1-3H3,(H,22,27)(H,23,24,26). The van der Waals surface area contributed by atoms with E-state index >= 15 is 0 Å². The molecular weight excluding hydrogens is 386 g/mol. The van der Waals surface area contributed by atoms with Crippen molar-refractivity contribution in [1.82, 2.24) is 20.2 Å². The number of nitrogens with zero attached hydrogens (tertiary/aromatic N) is 3. The highest BCUT2D eigenvalue weighted by Gasteiger charge is 2.13. The van der Waals surface area contributed by atoms with Gasteiger partial charge in [-0.3, -0.25) is 4.79 Å². The minimum absolute atomic E-state index is 0.133. The fourth-order valence-corrected chi connectivity index (χ4v) is 3.79. The van der Waals surface area contributed by atoms with Gasteiger partial charge in [0.15, 0.2) is 5.65 Å². The van der Waals surface area contributed by atoms with Crippen LogP contribution in [0.5, 0.6) is 5.75 Å². The lowest BCUT2D eigenvalue weighted by molar-refractivity contribution is -0.113.